The number of hydrogen-bond acceptors (Lipinski definition) is 3. The Bertz CT molecular complexity index is 889. The maximum absolute atomic E-state index is 14.6. The van der Waals surface area contributed by atoms with Gasteiger partial charge in [0, 0.05) is 11.1 Å². The Kier molecular flexibility index (Phi) is 3.80. The van der Waals surface area contributed by atoms with E-state index in [1.807, 2.05) is 43.4 Å². The molecule has 0 spiro atoms. The smallest absolute Gasteiger partial charge is 0.177 e. The zero-order chi connectivity index (χ0) is 16.0. The highest BCUT2D eigenvalue weighted by Gasteiger charge is 2.18. The number of nitrogens with zero attached hydrogens (tertiary/aromatic N) is 2. The standard InChI is InChI=1S/C16H15FIN3O/c1-7-8(2)19-16-12(7)9(3)20-15(21-16)10-5-6-11(18)14(22-4)13(10)17/h5-6H,1-4H3,(H,19,20,21). The molecule has 1 N–H and O–H groups in total. The minimum atomic E-state index is -0.437. The van der Waals surface area contributed by atoms with Crippen LogP contribution in [0.4, 0.5) is 4.39 Å². The number of hydrogen-bond donors (Lipinski definition) is 1. The molecule has 4 nitrogen and oxygen atoms in total. The van der Waals surface area contributed by atoms with E-state index in [4.69, 9.17) is 4.74 Å². The van der Waals surface area contributed by atoms with E-state index in [0.29, 0.717) is 15.0 Å². The molecule has 114 valence electrons. The topological polar surface area (TPSA) is 50.8 Å². The number of nitrogens with one attached hydrogen (secondary N) is 1. The van der Waals surface area contributed by atoms with Gasteiger partial charge < -0.3 is 9.72 Å². The van der Waals surface area contributed by atoms with Crippen molar-refractivity contribution in [3.8, 4) is 17.1 Å². The first-order valence-electron chi connectivity index (χ1n) is 6.80. The second kappa shape index (κ2) is 5.49. The summed E-state index contributed by atoms with van der Waals surface area (Å²) in [6.45, 7) is 5.93. The number of benzene rings is 1. The van der Waals surface area contributed by atoms with E-state index in [0.717, 1.165) is 28.0 Å². The van der Waals surface area contributed by atoms with E-state index in [-0.39, 0.29) is 5.75 Å². The first-order chi connectivity index (χ1) is 10.4. The molecule has 6 heteroatoms. The van der Waals surface area contributed by atoms with Crippen LogP contribution in [0.2, 0.25) is 0 Å². The highest BCUT2D eigenvalue weighted by molar-refractivity contribution is 14.1. The van der Waals surface area contributed by atoms with Crippen LogP contribution in [0.3, 0.4) is 0 Å². The summed E-state index contributed by atoms with van der Waals surface area (Å²) in [6.07, 6.45) is 0. The third-order valence-electron chi connectivity index (χ3n) is 3.83. The zero-order valence-corrected chi connectivity index (χ0v) is 14.9. The number of aryl methyl sites for hydroxylation is 3. The van der Waals surface area contributed by atoms with Gasteiger partial charge in [0.05, 0.1) is 21.9 Å². The van der Waals surface area contributed by atoms with Crippen molar-refractivity contribution in [2.24, 2.45) is 0 Å². The fourth-order valence-corrected chi connectivity index (χ4v) is 3.22. The molecular formula is C16H15FIN3O. The van der Waals surface area contributed by atoms with Gasteiger partial charge in [0.1, 0.15) is 5.65 Å². The molecule has 0 bridgehead atoms. The number of halogens is 2. The molecular weight excluding hydrogens is 396 g/mol. The third kappa shape index (κ3) is 2.25. The predicted octanol–water partition coefficient (Wildman–Crippen LogP) is 4.30. The number of aromatic nitrogens is 3. The van der Waals surface area contributed by atoms with E-state index < -0.39 is 5.82 Å². The lowest BCUT2D eigenvalue weighted by Crippen LogP contribution is -1.99. The monoisotopic (exact) mass is 411 g/mol. The minimum absolute atomic E-state index is 0.221. The molecule has 3 rings (SSSR count). The normalized spacial score (nSPS) is 11.2. The molecule has 2 aromatic heterocycles. The molecule has 0 aliphatic rings. The van der Waals surface area contributed by atoms with Crippen LogP contribution in [-0.2, 0) is 0 Å². The summed E-state index contributed by atoms with van der Waals surface area (Å²) in [7, 11) is 1.46. The van der Waals surface area contributed by atoms with Crippen LogP contribution in [0.15, 0.2) is 12.1 Å². The molecule has 0 aliphatic heterocycles. The number of rotatable bonds is 2. The summed E-state index contributed by atoms with van der Waals surface area (Å²) in [5.74, 6) is 0.143. The van der Waals surface area contributed by atoms with Crippen LogP contribution in [-0.4, -0.2) is 22.1 Å². The molecule has 2 heterocycles. The number of aromatic amines is 1. The summed E-state index contributed by atoms with van der Waals surface area (Å²) in [5, 5.41) is 0.999. The summed E-state index contributed by atoms with van der Waals surface area (Å²) >= 11 is 2.04. The summed E-state index contributed by atoms with van der Waals surface area (Å²) < 4.78 is 20.5. The number of fused-ring (bicyclic) bond motifs is 1. The maximum atomic E-state index is 14.6. The van der Waals surface area contributed by atoms with Gasteiger partial charge in [-0.15, -0.1) is 0 Å². The highest BCUT2D eigenvalue weighted by Crippen LogP contribution is 2.33. The van der Waals surface area contributed by atoms with Gasteiger partial charge >= 0.3 is 0 Å². The lowest BCUT2D eigenvalue weighted by molar-refractivity contribution is 0.384. The largest absolute Gasteiger partial charge is 0.493 e. The summed E-state index contributed by atoms with van der Waals surface area (Å²) in [5.41, 5.74) is 4.07. The molecule has 0 saturated heterocycles. The molecule has 0 radical (unpaired) electrons. The fourth-order valence-electron chi connectivity index (χ4n) is 2.58. The molecule has 0 aliphatic carbocycles. The van der Waals surface area contributed by atoms with Gasteiger partial charge in [-0.2, -0.15) is 0 Å². The van der Waals surface area contributed by atoms with Crippen LogP contribution in [0.25, 0.3) is 22.4 Å². The van der Waals surface area contributed by atoms with E-state index >= 15 is 0 Å². The molecule has 22 heavy (non-hydrogen) atoms. The molecule has 1 aromatic carbocycles. The molecule has 0 unspecified atom stereocenters. The van der Waals surface area contributed by atoms with Crippen molar-refractivity contribution in [1.29, 1.82) is 0 Å². The van der Waals surface area contributed by atoms with Gasteiger partial charge in [0.25, 0.3) is 0 Å². The second-order valence-electron chi connectivity index (χ2n) is 5.17. The van der Waals surface area contributed by atoms with Crippen molar-refractivity contribution in [3.05, 3.63) is 38.5 Å². The van der Waals surface area contributed by atoms with E-state index in [1.165, 1.54) is 7.11 Å². The highest BCUT2D eigenvalue weighted by atomic mass is 127. The van der Waals surface area contributed by atoms with Crippen molar-refractivity contribution < 1.29 is 9.13 Å². The van der Waals surface area contributed by atoms with Crippen molar-refractivity contribution in [1.82, 2.24) is 15.0 Å². The van der Waals surface area contributed by atoms with Gasteiger partial charge in [0.15, 0.2) is 17.4 Å². The zero-order valence-electron chi connectivity index (χ0n) is 12.7. The van der Waals surface area contributed by atoms with Crippen LogP contribution in [0.1, 0.15) is 17.0 Å². The molecule has 0 saturated carbocycles. The van der Waals surface area contributed by atoms with Gasteiger partial charge in [-0.3, -0.25) is 0 Å². The number of H-pyrrole nitrogens is 1. The Hall–Kier alpha value is -1.70. The maximum Gasteiger partial charge on any atom is 0.177 e. The Morgan fingerprint density at radius 2 is 1.91 bits per heavy atom. The molecule has 3 aromatic rings. The summed E-state index contributed by atoms with van der Waals surface area (Å²) in [6, 6.07) is 3.48. The van der Waals surface area contributed by atoms with Crippen LogP contribution in [0, 0.1) is 30.2 Å². The average Bonchev–Trinajstić information content (AvgIpc) is 2.75. The van der Waals surface area contributed by atoms with Crippen molar-refractivity contribution >= 4 is 33.6 Å². The SMILES string of the molecule is COc1c(I)ccc(-c2nc(C)c3c(C)c(C)[nH]c3n2)c1F. The molecule has 0 fully saturated rings. The average molecular weight is 411 g/mol. The Labute approximate surface area is 141 Å². The quantitative estimate of drug-likeness (QED) is 0.640. The lowest BCUT2D eigenvalue weighted by atomic mass is 10.1. The number of ether oxygens (including phenoxy) is 1. The third-order valence-corrected chi connectivity index (χ3v) is 4.68. The van der Waals surface area contributed by atoms with E-state index in [1.54, 1.807) is 12.1 Å². The van der Waals surface area contributed by atoms with Crippen molar-refractivity contribution in [2.75, 3.05) is 7.11 Å². The second-order valence-corrected chi connectivity index (χ2v) is 6.34. The predicted molar refractivity (Wildman–Crippen MR) is 92.8 cm³/mol. The van der Waals surface area contributed by atoms with Crippen LogP contribution >= 0.6 is 22.6 Å². The molecule has 0 amide bonds. The lowest BCUT2D eigenvalue weighted by Gasteiger charge is -2.09. The van der Waals surface area contributed by atoms with Gasteiger partial charge in [-0.1, -0.05) is 0 Å². The van der Waals surface area contributed by atoms with Crippen LogP contribution < -0.4 is 4.74 Å². The number of methoxy groups -OCH3 is 1. The summed E-state index contributed by atoms with van der Waals surface area (Å²) in [4.78, 5) is 12.2. The van der Waals surface area contributed by atoms with Crippen molar-refractivity contribution in [3.63, 3.8) is 0 Å². The van der Waals surface area contributed by atoms with Gasteiger partial charge in [0.2, 0.25) is 0 Å². The van der Waals surface area contributed by atoms with Gasteiger partial charge in [-0.25, -0.2) is 14.4 Å². The molecule has 0 atom stereocenters. The Morgan fingerprint density at radius 3 is 2.59 bits per heavy atom. The van der Waals surface area contributed by atoms with Crippen molar-refractivity contribution in [2.45, 2.75) is 20.8 Å². The minimum Gasteiger partial charge on any atom is -0.493 e. The van der Waals surface area contributed by atoms with E-state index in [2.05, 4.69) is 15.0 Å². The van der Waals surface area contributed by atoms with Gasteiger partial charge in [-0.05, 0) is 61.1 Å². The van der Waals surface area contributed by atoms with E-state index in [9.17, 15) is 4.39 Å². The first kappa shape index (κ1) is 15.2. The Balaban J connectivity index is 2.28. The van der Waals surface area contributed by atoms with Crippen LogP contribution in [0.5, 0.6) is 5.75 Å². The first-order valence-corrected chi connectivity index (χ1v) is 7.87. The Morgan fingerprint density at radius 1 is 1.18 bits per heavy atom. The fraction of sp³-hybridized carbons (Fsp3) is 0.250.